The summed E-state index contributed by atoms with van der Waals surface area (Å²) in [5, 5.41) is 13.2. The lowest BCUT2D eigenvalue weighted by molar-refractivity contribution is -0.129. The van der Waals surface area contributed by atoms with E-state index in [0.717, 1.165) is 23.5 Å². The SMILES string of the molecule is Cc1nn(CC(C)C)c(C)c1CC(=O)NNC(=O)COc1ccc(C#N)cc1. The summed E-state index contributed by atoms with van der Waals surface area (Å²) in [4.78, 5) is 24.0. The van der Waals surface area contributed by atoms with Crippen LogP contribution in [0.25, 0.3) is 0 Å². The predicted molar refractivity (Wildman–Crippen MR) is 103 cm³/mol. The molecule has 2 aromatic rings. The lowest BCUT2D eigenvalue weighted by atomic mass is 10.1. The molecule has 0 atom stereocenters. The van der Waals surface area contributed by atoms with Gasteiger partial charge in [0.15, 0.2) is 6.61 Å². The fraction of sp³-hybridized carbons (Fsp3) is 0.400. The van der Waals surface area contributed by atoms with E-state index >= 15 is 0 Å². The van der Waals surface area contributed by atoms with E-state index in [1.807, 2.05) is 24.6 Å². The van der Waals surface area contributed by atoms with Crippen LogP contribution in [-0.2, 0) is 22.6 Å². The van der Waals surface area contributed by atoms with Crippen LogP contribution >= 0.6 is 0 Å². The number of hydrazine groups is 1. The number of aryl methyl sites for hydroxylation is 1. The van der Waals surface area contributed by atoms with Crippen molar-refractivity contribution in [2.75, 3.05) is 6.61 Å². The van der Waals surface area contributed by atoms with Crippen molar-refractivity contribution in [2.24, 2.45) is 5.92 Å². The van der Waals surface area contributed by atoms with Crippen LogP contribution in [-0.4, -0.2) is 28.2 Å². The Labute approximate surface area is 164 Å². The highest BCUT2D eigenvalue weighted by Crippen LogP contribution is 2.15. The van der Waals surface area contributed by atoms with Gasteiger partial charge in [0, 0.05) is 17.8 Å². The van der Waals surface area contributed by atoms with Crippen molar-refractivity contribution in [3.05, 3.63) is 46.8 Å². The summed E-state index contributed by atoms with van der Waals surface area (Å²) in [5.74, 6) is 0.100. The number of aromatic nitrogens is 2. The molecule has 0 aliphatic carbocycles. The molecule has 0 saturated heterocycles. The minimum atomic E-state index is -0.485. The average Bonchev–Trinajstić information content (AvgIpc) is 2.92. The molecule has 0 aliphatic heterocycles. The third-order valence-corrected chi connectivity index (χ3v) is 4.10. The Morgan fingerprint density at radius 3 is 2.43 bits per heavy atom. The van der Waals surface area contributed by atoms with Gasteiger partial charge in [-0.05, 0) is 44.0 Å². The molecular formula is C20H25N5O3. The minimum absolute atomic E-state index is 0.131. The monoisotopic (exact) mass is 383 g/mol. The molecule has 0 aliphatic rings. The van der Waals surface area contributed by atoms with E-state index in [0.29, 0.717) is 17.2 Å². The Morgan fingerprint density at radius 1 is 1.18 bits per heavy atom. The predicted octanol–water partition coefficient (Wildman–Crippen LogP) is 1.80. The molecular weight excluding hydrogens is 358 g/mol. The highest BCUT2D eigenvalue weighted by Gasteiger charge is 2.16. The number of nitrogens with one attached hydrogen (secondary N) is 2. The van der Waals surface area contributed by atoms with Gasteiger partial charge in [-0.25, -0.2) is 0 Å². The van der Waals surface area contributed by atoms with Crippen molar-refractivity contribution in [1.82, 2.24) is 20.6 Å². The zero-order chi connectivity index (χ0) is 20.7. The quantitative estimate of drug-likeness (QED) is 0.709. The summed E-state index contributed by atoms with van der Waals surface area (Å²) in [6.07, 6.45) is 0.131. The molecule has 0 bridgehead atoms. The molecule has 8 heteroatoms. The maximum Gasteiger partial charge on any atom is 0.276 e. The van der Waals surface area contributed by atoms with Gasteiger partial charge < -0.3 is 4.74 Å². The van der Waals surface area contributed by atoms with Gasteiger partial charge in [-0.15, -0.1) is 0 Å². The largest absolute Gasteiger partial charge is 0.484 e. The summed E-state index contributed by atoms with van der Waals surface area (Å²) < 4.78 is 7.22. The number of carbonyl (C=O) groups is 2. The summed E-state index contributed by atoms with van der Waals surface area (Å²) in [6, 6.07) is 8.40. The third kappa shape index (κ3) is 5.84. The standard InChI is InChI=1S/C20H25N5O3/c1-13(2)11-25-15(4)18(14(3)24-25)9-19(26)22-23-20(27)12-28-17-7-5-16(10-21)6-8-17/h5-8,13H,9,11-12H2,1-4H3,(H,22,26)(H,23,27). The fourth-order valence-electron chi connectivity index (χ4n) is 2.67. The van der Waals surface area contributed by atoms with Crippen LogP contribution in [0.15, 0.2) is 24.3 Å². The highest BCUT2D eigenvalue weighted by atomic mass is 16.5. The summed E-state index contributed by atoms with van der Waals surface area (Å²) in [5.41, 5.74) is 7.85. The van der Waals surface area contributed by atoms with Crippen molar-refractivity contribution in [2.45, 2.75) is 40.7 Å². The van der Waals surface area contributed by atoms with Crippen LogP contribution in [0.4, 0.5) is 0 Å². The number of rotatable bonds is 7. The maximum atomic E-state index is 12.2. The maximum absolute atomic E-state index is 12.2. The molecule has 1 aromatic carbocycles. The number of benzene rings is 1. The molecule has 2 amide bonds. The molecule has 0 unspecified atom stereocenters. The third-order valence-electron chi connectivity index (χ3n) is 4.10. The van der Waals surface area contributed by atoms with Gasteiger partial charge in [-0.1, -0.05) is 13.8 Å². The van der Waals surface area contributed by atoms with E-state index in [-0.39, 0.29) is 18.9 Å². The van der Waals surface area contributed by atoms with Crippen molar-refractivity contribution < 1.29 is 14.3 Å². The fourth-order valence-corrected chi connectivity index (χ4v) is 2.67. The van der Waals surface area contributed by atoms with Crippen molar-refractivity contribution in [3.63, 3.8) is 0 Å². The number of nitrogens with zero attached hydrogens (tertiary/aromatic N) is 3. The zero-order valence-corrected chi connectivity index (χ0v) is 16.6. The van der Waals surface area contributed by atoms with E-state index < -0.39 is 5.91 Å². The van der Waals surface area contributed by atoms with Crippen LogP contribution in [0, 0.1) is 31.1 Å². The molecule has 0 saturated carbocycles. The van der Waals surface area contributed by atoms with Crippen LogP contribution in [0.1, 0.15) is 36.4 Å². The molecule has 0 radical (unpaired) electrons. The second-order valence-electron chi connectivity index (χ2n) is 6.92. The van der Waals surface area contributed by atoms with Gasteiger partial charge in [0.1, 0.15) is 5.75 Å². The van der Waals surface area contributed by atoms with E-state index in [1.165, 1.54) is 0 Å². The first-order chi connectivity index (χ1) is 13.3. The summed E-state index contributed by atoms with van der Waals surface area (Å²) >= 11 is 0. The van der Waals surface area contributed by atoms with Gasteiger partial charge in [0.2, 0.25) is 5.91 Å². The average molecular weight is 383 g/mol. The second kappa shape index (κ2) is 9.55. The number of amides is 2. The van der Waals surface area contributed by atoms with E-state index in [9.17, 15) is 9.59 Å². The topological polar surface area (TPSA) is 109 Å². The zero-order valence-electron chi connectivity index (χ0n) is 16.6. The summed E-state index contributed by atoms with van der Waals surface area (Å²) in [7, 11) is 0. The number of hydrogen-bond acceptors (Lipinski definition) is 5. The Hall–Kier alpha value is -3.34. The van der Waals surface area contributed by atoms with E-state index in [1.54, 1.807) is 24.3 Å². The van der Waals surface area contributed by atoms with Gasteiger partial charge in [-0.3, -0.25) is 25.1 Å². The Kier molecular flexibility index (Phi) is 7.15. The molecule has 148 valence electrons. The van der Waals surface area contributed by atoms with Crippen molar-refractivity contribution >= 4 is 11.8 Å². The Morgan fingerprint density at radius 2 is 1.82 bits per heavy atom. The molecule has 28 heavy (non-hydrogen) atoms. The number of nitriles is 1. The van der Waals surface area contributed by atoms with Crippen molar-refractivity contribution in [1.29, 1.82) is 5.26 Å². The first-order valence-corrected chi connectivity index (χ1v) is 9.03. The first-order valence-electron chi connectivity index (χ1n) is 9.03. The van der Waals surface area contributed by atoms with Crippen LogP contribution in [0.5, 0.6) is 5.75 Å². The Bertz CT molecular complexity index is 878. The number of hydrogen-bond donors (Lipinski definition) is 2. The first kappa shape index (κ1) is 21.0. The molecule has 1 aromatic heterocycles. The van der Waals surface area contributed by atoms with Gasteiger partial charge >= 0.3 is 0 Å². The van der Waals surface area contributed by atoms with Crippen LogP contribution in [0.2, 0.25) is 0 Å². The summed E-state index contributed by atoms with van der Waals surface area (Å²) in [6.45, 7) is 8.57. The molecule has 0 fully saturated rings. The normalized spacial score (nSPS) is 10.4. The molecule has 1 heterocycles. The highest BCUT2D eigenvalue weighted by molar-refractivity contribution is 5.84. The van der Waals surface area contributed by atoms with Crippen molar-refractivity contribution in [3.8, 4) is 11.8 Å². The Balaban J connectivity index is 1.81. The minimum Gasteiger partial charge on any atom is -0.484 e. The van der Waals surface area contributed by atoms with Gasteiger partial charge in [0.25, 0.3) is 5.91 Å². The van der Waals surface area contributed by atoms with Crippen LogP contribution < -0.4 is 15.6 Å². The number of carbonyl (C=O) groups excluding carboxylic acids is 2. The number of ether oxygens (including phenoxy) is 1. The van der Waals surface area contributed by atoms with E-state index in [2.05, 4.69) is 29.8 Å². The smallest absolute Gasteiger partial charge is 0.276 e. The lowest BCUT2D eigenvalue weighted by Gasteiger charge is -2.10. The molecule has 2 N–H and O–H groups in total. The lowest BCUT2D eigenvalue weighted by Crippen LogP contribution is -2.44. The second-order valence-corrected chi connectivity index (χ2v) is 6.92. The van der Waals surface area contributed by atoms with Gasteiger partial charge in [0.05, 0.1) is 23.7 Å². The molecule has 8 nitrogen and oxygen atoms in total. The molecule has 0 spiro atoms. The molecule has 2 rings (SSSR count). The van der Waals surface area contributed by atoms with Crippen LogP contribution in [0.3, 0.4) is 0 Å². The van der Waals surface area contributed by atoms with E-state index in [4.69, 9.17) is 10.00 Å². The van der Waals surface area contributed by atoms with Gasteiger partial charge in [-0.2, -0.15) is 10.4 Å².